The summed E-state index contributed by atoms with van der Waals surface area (Å²) in [6.07, 6.45) is 0.688. The molecule has 0 unspecified atom stereocenters. The molecule has 21 heavy (non-hydrogen) atoms. The molecule has 3 rings (SSSR count). The molecule has 0 saturated carbocycles. The summed E-state index contributed by atoms with van der Waals surface area (Å²) in [6.45, 7) is 1.02. The smallest absolute Gasteiger partial charge is 0.323 e. The van der Waals surface area contributed by atoms with Gasteiger partial charge in [0.25, 0.3) is 0 Å². The normalized spacial score (nSPS) is 17.1. The van der Waals surface area contributed by atoms with Gasteiger partial charge in [-0.25, -0.2) is 0 Å². The van der Waals surface area contributed by atoms with Crippen LogP contribution >= 0.6 is 15.9 Å². The summed E-state index contributed by atoms with van der Waals surface area (Å²) < 4.78 is 6.40. The molecule has 0 radical (unpaired) electrons. The van der Waals surface area contributed by atoms with Gasteiger partial charge in [-0.3, -0.25) is 4.79 Å². The molecule has 1 heterocycles. The molecule has 1 N–H and O–H groups in total. The van der Waals surface area contributed by atoms with Crippen molar-refractivity contribution < 1.29 is 9.53 Å². The summed E-state index contributed by atoms with van der Waals surface area (Å²) in [5.41, 5.74) is 3.46. The van der Waals surface area contributed by atoms with Crippen LogP contribution in [0.5, 0.6) is 0 Å². The highest BCUT2D eigenvalue weighted by molar-refractivity contribution is 9.10. The first-order valence-corrected chi connectivity index (χ1v) is 7.73. The van der Waals surface area contributed by atoms with E-state index in [9.17, 15) is 4.79 Å². The Morgan fingerprint density at radius 3 is 2.81 bits per heavy atom. The molecule has 2 aromatic carbocycles. The van der Waals surface area contributed by atoms with Crippen LogP contribution in [0.2, 0.25) is 0 Å². The lowest BCUT2D eigenvalue weighted by atomic mass is 9.96. The lowest BCUT2D eigenvalue weighted by molar-refractivity contribution is -0.147. The molecule has 0 bridgehead atoms. The van der Waals surface area contributed by atoms with E-state index in [4.69, 9.17) is 4.74 Å². The first kappa shape index (κ1) is 14.3. The number of benzene rings is 2. The Bertz CT molecular complexity index is 657. The molecule has 0 saturated heterocycles. The summed E-state index contributed by atoms with van der Waals surface area (Å²) in [4.78, 5) is 12.2. The van der Waals surface area contributed by atoms with Crippen molar-refractivity contribution in [1.29, 1.82) is 0 Å². The maximum absolute atomic E-state index is 12.2. The monoisotopic (exact) mass is 345 g/mol. The lowest BCUT2D eigenvalue weighted by Gasteiger charge is -2.24. The third kappa shape index (κ3) is 3.52. The minimum Gasteiger partial charge on any atom is -0.460 e. The first-order chi connectivity index (χ1) is 10.2. The quantitative estimate of drug-likeness (QED) is 0.868. The summed E-state index contributed by atoms with van der Waals surface area (Å²) in [5, 5.41) is 3.24. The van der Waals surface area contributed by atoms with Crippen LogP contribution in [-0.4, -0.2) is 12.0 Å². The van der Waals surface area contributed by atoms with E-state index >= 15 is 0 Å². The molecule has 1 aliphatic rings. The van der Waals surface area contributed by atoms with Gasteiger partial charge in [-0.1, -0.05) is 52.3 Å². The summed E-state index contributed by atoms with van der Waals surface area (Å²) >= 11 is 3.41. The number of fused-ring (bicyclic) bond motifs is 1. The fourth-order valence-electron chi connectivity index (χ4n) is 2.50. The van der Waals surface area contributed by atoms with Crippen molar-refractivity contribution in [2.45, 2.75) is 25.6 Å². The molecule has 4 heteroatoms. The third-order valence-electron chi connectivity index (χ3n) is 3.64. The van der Waals surface area contributed by atoms with Gasteiger partial charge in [-0.2, -0.15) is 0 Å². The fourth-order valence-corrected chi connectivity index (χ4v) is 2.95. The maximum atomic E-state index is 12.2. The van der Waals surface area contributed by atoms with Crippen LogP contribution in [0.15, 0.2) is 53.0 Å². The van der Waals surface area contributed by atoms with Crippen LogP contribution in [-0.2, 0) is 29.1 Å². The van der Waals surface area contributed by atoms with Crippen molar-refractivity contribution in [3.8, 4) is 0 Å². The zero-order chi connectivity index (χ0) is 14.7. The number of rotatable bonds is 3. The summed E-state index contributed by atoms with van der Waals surface area (Å²) in [7, 11) is 0. The molecule has 0 aromatic heterocycles. The van der Waals surface area contributed by atoms with Gasteiger partial charge in [0.05, 0.1) is 0 Å². The van der Waals surface area contributed by atoms with E-state index in [1.165, 1.54) is 11.1 Å². The highest BCUT2D eigenvalue weighted by Gasteiger charge is 2.25. The van der Waals surface area contributed by atoms with E-state index in [0.29, 0.717) is 19.6 Å². The predicted octanol–water partition coefficient (Wildman–Crippen LogP) is 3.21. The number of carbonyl (C=O) groups is 1. The molecule has 1 atom stereocenters. The number of halogens is 1. The zero-order valence-corrected chi connectivity index (χ0v) is 13.1. The van der Waals surface area contributed by atoms with Gasteiger partial charge >= 0.3 is 5.97 Å². The SMILES string of the molecule is O=C(OCc1cccc(Br)c1)[C@@H]1Cc2ccccc2CN1. The molecular formula is C17H16BrNO2. The Kier molecular flexibility index (Phi) is 4.36. The number of esters is 1. The average molecular weight is 346 g/mol. The molecule has 0 aliphatic carbocycles. The van der Waals surface area contributed by atoms with E-state index in [1.807, 2.05) is 36.4 Å². The van der Waals surface area contributed by atoms with Crippen LogP contribution in [0.4, 0.5) is 0 Å². The van der Waals surface area contributed by atoms with Crippen LogP contribution in [0.25, 0.3) is 0 Å². The third-order valence-corrected chi connectivity index (χ3v) is 4.13. The van der Waals surface area contributed by atoms with Crippen LogP contribution in [0, 0.1) is 0 Å². The van der Waals surface area contributed by atoms with Crippen molar-refractivity contribution in [3.63, 3.8) is 0 Å². The number of hydrogen-bond acceptors (Lipinski definition) is 3. The van der Waals surface area contributed by atoms with Gasteiger partial charge in [0, 0.05) is 11.0 Å². The Morgan fingerprint density at radius 2 is 2.00 bits per heavy atom. The van der Waals surface area contributed by atoms with E-state index in [-0.39, 0.29) is 12.0 Å². The number of ether oxygens (including phenoxy) is 1. The maximum Gasteiger partial charge on any atom is 0.323 e. The van der Waals surface area contributed by atoms with Gasteiger partial charge in [0.2, 0.25) is 0 Å². The first-order valence-electron chi connectivity index (χ1n) is 6.93. The van der Waals surface area contributed by atoms with Crippen molar-refractivity contribution >= 4 is 21.9 Å². The van der Waals surface area contributed by atoms with Crippen molar-refractivity contribution in [2.24, 2.45) is 0 Å². The zero-order valence-electron chi connectivity index (χ0n) is 11.5. The molecule has 0 amide bonds. The topological polar surface area (TPSA) is 38.3 Å². The number of nitrogens with one attached hydrogen (secondary N) is 1. The Hall–Kier alpha value is -1.65. The van der Waals surface area contributed by atoms with Gasteiger partial charge in [0.1, 0.15) is 12.6 Å². The van der Waals surface area contributed by atoms with Crippen LogP contribution in [0.1, 0.15) is 16.7 Å². The van der Waals surface area contributed by atoms with Crippen molar-refractivity contribution in [2.75, 3.05) is 0 Å². The molecule has 0 fully saturated rings. The average Bonchev–Trinajstić information content (AvgIpc) is 2.52. The van der Waals surface area contributed by atoms with Gasteiger partial charge in [-0.05, 0) is 35.2 Å². The molecule has 1 aliphatic heterocycles. The standard InChI is InChI=1S/C17H16BrNO2/c18-15-7-3-4-12(8-15)11-21-17(20)16-9-13-5-1-2-6-14(13)10-19-16/h1-8,16,19H,9-11H2/t16-/m0/s1. The second kappa shape index (κ2) is 6.41. The largest absolute Gasteiger partial charge is 0.460 e. The number of carbonyl (C=O) groups excluding carboxylic acids is 1. The lowest BCUT2D eigenvalue weighted by Crippen LogP contribution is -2.42. The molecular weight excluding hydrogens is 330 g/mol. The molecule has 108 valence electrons. The molecule has 2 aromatic rings. The second-order valence-corrected chi connectivity index (χ2v) is 6.06. The minimum atomic E-state index is -0.257. The van der Waals surface area contributed by atoms with E-state index in [1.54, 1.807) is 0 Å². The second-order valence-electron chi connectivity index (χ2n) is 5.14. The summed E-state index contributed by atoms with van der Waals surface area (Å²) in [5.74, 6) is -0.190. The Morgan fingerprint density at radius 1 is 1.19 bits per heavy atom. The van der Waals surface area contributed by atoms with E-state index in [0.717, 1.165) is 10.0 Å². The number of hydrogen-bond donors (Lipinski definition) is 1. The van der Waals surface area contributed by atoms with Gasteiger partial charge < -0.3 is 10.1 Å². The molecule has 0 spiro atoms. The van der Waals surface area contributed by atoms with Crippen molar-refractivity contribution in [3.05, 3.63) is 69.7 Å². The summed E-state index contributed by atoms with van der Waals surface area (Å²) in [6, 6.07) is 15.7. The predicted molar refractivity (Wildman–Crippen MR) is 84.7 cm³/mol. The van der Waals surface area contributed by atoms with E-state index < -0.39 is 0 Å². The van der Waals surface area contributed by atoms with E-state index in [2.05, 4.69) is 33.4 Å². The van der Waals surface area contributed by atoms with Crippen LogP contribution in [0.3, 0.4) is 0 Å². The van der Waals surface area contributed by atoms with Crippen LogP contribution < -0.4 is 5.32 Å². The fraction of sp³-hybridized carbons (Fsp3) is 0.235. The molecule has 3 nitrogen and oxygen atoms in total. The highest BCUT2D eigenvalue weighted by Crippen LogP contribution is 2.18. The van der Waals surface area contributed by atoms with Crippen molar-refractivity contribution in [1.82, 2.24) is 5.32 Å². The van der Waals surface area contributed by atoms with Gasteiger partial charge in [-0.15, -0.1) is 0 Å². The minimum absolute atomic E-state index is 0.190. The highest BCUT2D eigenvalue weighted by atomic mass is 79.9. The Labute approximate surface area is 132 Å². The Balaban J connectivity index is 1.59. The van der Waals surface area contributed by atoms with Gasteiger partial charge in [0.15, 0.2) is 0 Å².